The molecule has 0 saturated carbocycles. The molecule has 0 N–H and O–H groups in total. The Hall–Kier alpha value is -1.85. The van der Waals surface area contributed by atoms with Gasteiger partial charge in [-0.1, -0.05) is 28.9 Å². The molecule has 0 fully saturated rings. The smallest absolute Gasteiger partial charge is 0.134 e. The molecule has 1 aromatic heterocycles. The second kappa shape index (κ2) is 4.86. The van der Waals surface area contributed by atoms with E-state index in [0.29, 0.717) is 11.6 Å². The van der Waals surface area contributed by atoms with Crippen LogP contribution in [-0.4, -0.2) is 15.0 Å². The van der Waals surface area contributed by atoms with E-state index in [-0.39, 0.29) is 0 Å². The molecular formula is C15H9BrClN3O. The maximum absolute atomic E-state index is 6.12. The lowest BCUT2D eigenvalue weighted by Crippen LogP contribution is -2.08. The summed E-state index contributed by atoms with van der Waals surface area (Å²) in [5.74, 6) is 0.794. The molecule has 0 radical (unpaired) electrons. The molecule has 0 spiro atoms. The van der Waals surface area contributed by atoms with Crippen molar-refractivity contribution in [3.8, 4) is 22.7 Å². The first-order chi connectivity index (χ1) is 10.2. The summed E-state index contributed by atoms with van der Waals surface area (Å²) in [5, 5.41) is 9.16. The Bertz CT molecular complexity index is 847. The third-order valence-electron chi connectivity index (χ3n) is 3.38. The third kappa shape index (κ3) is 2.04. The van der Waals surface area contributed by atoms with Gasteiger partial charge in [0.2, 0.25) is 0 Å². The monoisotopic (exact) mass is 361 g/mol. The molecule has 2 aromatic carbocycles. The first-order valence-electron chi connectivity index (χ1n) is 6.36. The number of benzene rings is 2. The molecule has 104 valence electrons. The van der Waals surface area contributed by atoms with Crippen LogP contribution in [0.4, 0.5) is 0 Å². The van der Waals surface area contributed by atoms with Crippen LogP contribution in [0, 0.1) is 0 Å². The van der Waals surface area contributed by atoms with Gasteiger partial charge in [-0.3, -0.25) is 0 Å². The minimum absolute atomic E-state index is 0.411. The highest BCUT2D eigenvalue weighted by Gasteiger charge is 2.25. The number of halogens is 2. The average molecular weight is 363 g/mol. The van der Waals surface area contributed by atoms with Crippen molar-refractivity contribution >= 4 is 27.5 Å². The molecule has 0 saturated heterocycles. The van der Waals surface area contributed by atoms with E-state index >= 15 is 0 Å². The van der Waals surface area contributed by atoms with Crippen LogP contribution in [0.15, 0.2) is 46.9 Å². The Balaban J connectivity index is 1.99. The van der Waals surface area contributed by atoms with Gasteiger partial charge in [0, 0.05) is 15.1 Å². The van der Waals surface area contributed by atoms with E-state index in [1.165, 1.54) is 0 Å². The zero-order chi connectivity index (χ0) is 14.4. The van der Waals surface area contributed by atoms with Gasteiger partial charge in [-0.15, -0.1) is 5.10 Å². The first-order valence-corrected chi connectivity index (χ1v) is 7.53. The Labute approximate surface area is 134 Å². The lowest BCUT2D eigenvalue weighted by atomic mass is 10.1. The van der Waals surface area contributed by atoms with Crippen LogP contribution in [0.3, 0.4) is 0 Å². The standard InChI is InChI=1S/C15H9BrClN3O/c16-11-3-1-2-4-13(11)20-15-10-7-9(17)5-6-14(10)21-8-12(15)18-19-20/h1-7H,8H2. The van der Waals surface area contributed by atoms with E-state index in [2.05, 4.69) is 26.2 Å². The van der Waals surface area contributed by atoms with Crippen molar-refractivity contribution in [2.45, 2.75) is 6.61 Å². The normalized spacial score (nSPS) is 12.5. The summed E-state index contributed by atoms with van der Waals surface area (Å²) in [4.78, 5) is 0. The molecule has 4 nitrogen and oxygen atoms in total. The minimum Gasteiger partial charge on any atom is -0.486 e. The summed E-state index contributed by atoms with van der Waals surface area (Å²) >= 11 is 9.68. The quantitative estimate of drug-likeness (QED) is 0.650. The molecule has 3 aromatic rings. The van der Waals surface area contributed by atoms with Crippen molar-refractivity contribution in [2.24, 2.45) is 0 Å². The van der Waals surface area contributed by atoms with E-state index in [4.69, 9.17) is 16.3 Å². The number of hydrogen-bond donors (Lipinski definition) is 0. The van der Waals surface area contributed by atoms with Crippen LogP contribution < -0.4 is 4.74 Å². The van der Waals surface area contributed by atoms with Gasteiger partial charge in [0.05, 0.1) is 5.69 Å². The van der Waals surface area contributed by atoms with Crippen LogP contribution >= 0.6 is 27.5 Å². The fourth-order valence-corrected chi connectivity index (χ4v) is 3.06. The second-order valence-electron chi connectivity index (χ2n) is 4.68. The molecule has 4 rings (SSSR count). The van der Waals surface area contributed by atoms with Crippen molar-refractivity contribution < 1.29 is 4.74 Å². The summed E-state index contributed by atoms with van der Waals surface area (Å²) < 4.78 is 8.47. The van der Waals surface area contributed by atoms with Gasteiger partial charge in [-0.05, 0) is 46.3 Å². The van der Waals surface area contributed by atoms with Gasteiger partial charge in [0.15, 0.2) is 0 Å². The fourth-order valence-electron chi connectivity index (χ4n) is 2.43. The minimum atomic E-state index is 0.411. The van der Waals surface area contributed by atoms with Crippen molar-refractivity contribution in [2.75, 3.05) is 0 Å². The van der Waals surface area contributed by atoms with Crippen LogP contribution in [-0.2, 0) is 6.61 Å². The van der Waals surface area contributed by atoms with Crippen LogP contribution in [0.2, 0.25) is 5.02 Å². The Morgan fingerprint density at radius 2 is 2.05 bits per heavy atom. The molecule has 0 unspecified atom stereocenters. The van der Waals surface area contributed by atoms with Gasteiger partial charge in [0.1, 0.15) is 23.7 Å². The molecule has 0 bridgehead atoms. The van der Waals surface area contributed by atoms with E-state index in [0.717, 1.165) is 32.9 Å². The Morgan fingerprint density at radius 1 is 1.19 bits per heavy atom. The van der Waals surface area contributed by atoms with Gasteiger partial charge in [-0.2, -0.15) is 0 Å². The average Bonchev–Trinajstić information content (AvgIpc) is 2.92. The largest absolute Gasteiger partial charge is 0.486 e. The van der Waals surface area contributed by atoms with E-state index in [1.807, 2.05) is 47.1 Å². The highest BCUT2D eigenvalue weighted by Crippen LogP contribution is 2.39. The van der Waals surface area contributed by atoms with Crippen LogP contribution in [0.1, 0.15) is 5.69 Å². The summed E-state index contributed by atoms with van der Waals surface area (Å²) in [5.41, 5.74) is 3.56. The maximum atomic E-state index is 6.12. The van der Waals surface area contributed by atoms with Gasteiger partial charge in [-0.25, -0.2) is 4.68 Å². The summed E-state index contributed by atoms with van der Waals surface area (Å²) in [6.07, 6.45) is 0. The number of hydrogen-bond acceptors (Lipinski definition) is 3. The molecule has 1 aliphatic rings. The predicted molar refractivity (Wildman–Crippen MR) is 83.8 cm³/mol. The first kappa shape index (κ1) is 12.9. The maximum Gasteiger partial charge on any atom is 0.134 e. The number of aromatic nitrogens is 3. The molecule has 0 atom stereocenters. The van der Waals surface area contributed by atoms with Crippen molar-refractivity contribution in [3.05, 3.63) is 57.7 Å². The summed E-state index contributed by atoms with van der Waals surface area (Å²) in [6.45, 7) is 0.411. The zero-order valence-electron chi connectivity index (χ0n) is 10.8. The van der Waals surface area contributed by atoms with Gasteiger partial charge >= 0.3 is 0 Å². The SMILES string of the molecule is Clc1ccc2c(c1)-c1c(nnn1-c1ccccc1Br)CO2. The Morgan fingerprint density at radius 3 is 2.90 bits per heavy atom. The molecular weight excluding hydrogens is 354 g/mol. The lowest BCUT2D eigenvalue weighted by Gasteiger charge is -2.18. The van der Waals surface area contributed by atoms with Crippen molar-refractivity contribution in [1.82, 2.24) is 15.0 Å². The second-order valence-corrected chi connectivity index (χ2v) is 5.97. The number of para-hydroxylation sites is 1. The fraction of sp³-hybridized carbons (Fsp3) is 0.0667. The third-order valence-corrected chi connectivity index (χ3v) is 4.29. The molecule has 6 heteroatoms. The molecule has 1 aliphatic heterocycles. The molecule has 0 amide bonds. The summed E-state index contributed by atoms with van der Waals surface area (Å²) in [6, 6.07) is 13.5. The topological polar surface area (TPSA) is 39.9 Å². The number of nitrogens with zero attached hydrogens (tertiary/aromatic N) is 3. The Kier molecular flexibility index (Phi) is 2.97. The van der Waals surface area contributed by atoms with Gasteiger partial charge in [0.25, 0.3) is 0 Å². The zero-order valence-corrected chi connectivity index (χ0v) is 13.1. The van der Waals surface area contributed by atoms with Crippen LogP contribution in [0.5, 0.6) is 5.75 Å². The van der Waals surface area contributed by atoms with Gasteiger partial charge < -0.3 is 4.74 Å². The molecule has 2 heterocycles. The number of ether oxygens (including phenoxy) is 1. The highest BCUT2D eigenvalue weighted by atomic mass is 79.9. The van der Waals surface area contributed by atoms with E-state index in [9.17, 15) is 0 Å². The molecule has 21 heavy (non-hydrogen) atoms. The molecule has 0 aliphatic carbocycles. The van der Waals surface area contributed by atoms with Crippen molar-refractivity contribution in [1.29, 1.82) is 0 Å². The summed E-state index contributed by atoms with van der Waals surface area (Å²) in [7, 11) is 0. The highest BCUT2D eigenvalue weighted by molar-refractivity contribution is 9.10. The predicted octanol–water partition coefficient (Wildman–Crippen LogP) is 4.24. The van der Waals surface area contributed by atoms with E-state index < -0.39 is 0 Å². The van der Waals surface area contributed by atoms with Crippen molar-refractivity contribution in [3.63, 3.8) is 0 Å². The number of fused-ring (bicyclic) bond motifs is 3. The van der Waals surface area contributed by atoms with Crippen LogP contribution in [0.25, 0.3) is 16.9 Å². The number of rotatable bonds is 1. The van der Waals surface area contributed by atoms with E-state index in [1.54, 1.807) is 0 Å². The lowest BCUT2D eigenvalue weighted by molar-refractivity contribution is 0.297.